The summed E-state index contributed by atoms with van der Waals surface area (Å²) in [6, 6.07) is 0. The van der Waals surface area contributed by atoms with Crippen LogP contribution in [0.3, 0.4) is 0 Å². The Morgan fingerprint density at radius 2 is 2.00 bits per heavy atom. The standard InChI is InChI=1S/C17H31NO/c1-2-10-18-13-17(16-8-4-3-5-9-16)12-15-7-6-11-19-14-15/h12,15-16,18H,2-11,13-14H2,1H3. The molecule has 0 radical (unpaired) electrons. The van der Waals surface area contributed by atoms with Crippen molar-refractivity contribution in [2.24, 2.45) is 11.8 Å². The van der Waals surface area contributed by atoms with Crippen LogP contribution in [0.2, 0.25) is 0 Å². The number of hydrogen-bond donors (Lipinski definition) is 1. The maximum Gasteiger partial charge on any atom is 0.0528 e. The van der Waals surface area contributed by atoms with Crippen LogP contribution in [0, 0.1) is 11.8 Å². The number of hydrogen-bond acceptors (Lipinski definition) is 2. The Balaban J connectivity index is 1.92. The molecule has 0 aromatic carbocycles. The van der Waals surface area contributed by atoms with E-state index < -0.39 is 0 Å². The highest BCUT2D eigenvalue weighted by Gasteiger charge is 2.20. The Morgan fingerprint density at radius 3 is 2.68 bits per heavy atom. The average molecular weight is 265 g/mol. The molecule has 1 N–H and O–H groups in total. The number of nitrogens with one attached hydrogen (secondary N) is 1. The molecule has 2 rings (SSSR count). The van der Waals surface area contributed by atoms with Gasteiger partial charge in [0.2, 0.25) is 0 Å². The minimum atomic E-state index is 0.675. The fourth-order valence-corrected chi connectivity index (χ4v) is 3.42. The van der Waals surface area contributed by atoms with Crippen molar-refractivity contribution >= 4 is 0 Å². The van der Waals surface area contributed by atoms with Crippen LogP contribution in [0.25, 0.3) is 0 Å². The van der Waals surface area contributed by atoms with Crippen LogP contribution < -0.4 is 5.32 Å². The molecule has 1 aliphatic heterocycles. The maximum absolute atomic E-state index is 5.63. The Bertz CT molecular complexity index is 262. The van der Waals surface area contributed by atoms with E-state index in [9.17, 15) is 0 Å². The topological polar surface area (TPSA) is 21.3 Å². The zero-order valence-electron chi connectivity index (χ0n) is 12.6. The van der Waals surface area contributed by atoms with Crippen LogP contribution in [-0.4, -0.2) is 26.3 Å². The lowest BCUT2D eigenvalue weighted by Gasteiger charge is -2.27. The van der Waals surface area contributed by atoms with E-state index in [1.165, 1.54) is 51.4 Å². The van der Waals surface area contributed by atoms with Crippen molar-refractivity contribution in [2.75, 3.05) is 26.3 Å². The van der Waals surface area contributed by atoms with E-state index in [0.717, 1.165) is 32.2 Å². The van der Waals surface area contributed by atoms with Gasteiger partial charge in [-0.3, -0.25) is 0 Å². The molecular weight excluding hydrogens is 234 g/mol. The molecule has 0 spiro atoms. The predicted octanol–water partition coefficient (Wildman–Crippen LogP) is 3.92. The Labute approximate surface area is 119 Å². The lowest BCUT2D eigenvalue weighted by Crippen LogP contribution is -2.25. The van der Waals surface area contributed by atoms with Crippen LogP contribution >= 0.6 is 0 Å². The van der Waals surface area contributed by atoms with Gasteiger partial charge in [0, 0.05) is 19.1 Å². The molecule has 1 atom stereocenters. The van der Waals surface area contributed by atoms with Gasteiger partial charge in [0.15, 0.2) is 0 Å². The Morgan fingerprint density at radius 1 is 1.16 bits per heavy atom. The molecule has 0 bridgehead atoms. The molecule has 110 valence electrons. The van der Waals surface area contributed by atoms with Crippen molar-refractivity contribution in [3.63, 3.8) is 0 Å². The summed E-state index contributed by atoms with van der Waals surface area (Å²) in [6.07, 6.45) is 13.5. The van der Waals surface area contributed by atoms with Gasteiger partial charge in [-0.15, -0.1) is 0 Å². The summed E-state index contributed by atoms with van der Waals surface area (Å²) in [5.41, 5.74) is 1.68. The fourth-order valence-electron chi connectivity index (χ4n) is 3.42. The third kappa shape index (κ3) is 5.27. The minimum Gasteiger partial charge on any atom is -0.381 e. The lowest BCUT2D eigenvalue weighted by atomic mass is 9.82. The van der Waals surface area contributed by atoms with Gasteiger partial charge >= 0.3 is 0 Å². The fraction of sp³-hybridized carbons (Fsp3) is 0.882. The van der Waals surface area contributed by atoms with E-state index in [2.05, 4.69) is 18.3 Å². The summed E-state index contributed by atoms with van der Waals surface area (Å²) in [5.74, 6) is 1.52. The number of rotatable bonds is 6. The molecule has 0 amide bonds. The lowest BCUT2D eigenvalue weighted by molar-refractivity contribution is 0.0705. The second-order valence-corrected chi connectivity index (χ2v) is 6.23. The first-order chi connectivity index (χ1) is 9.40. The SMILES string of the molecule is CCCNCC(=CC1CCCOC1)C1CCCCC1. The molecule has 1 heterocycles. The van der Waals surface area contributed by atoms with Crippen LogP contribution in [-0.2, 0) is 4.74 Å². The van der Waals surface area contributed by atoms with Gasteiger partial charge < -0.3 is 10.1 Å². The Hall–Kier alpha value is -0.340. The second kappa shape index (κ2) is 8.76. The van der Waals surface area contributed by atoms with Gasteiger partial charge in [-0.1, -0.05) is 37.8 Å². The number of ether oxygens (including phenoxy) is 1. The van der Waals surface area contributed by atoms with Gasteiger partial charge in [-0.25, -0.2) is 0 Å². The summed E-state index contributed by atoms with van der Waals surface area (Å²) in [7, 11) is 0. The maximum atomic E-state index is 5.63. The molecule has 2 heteroatoms. The molecule has 2 aliphatic rings. The average Bonchev–Trinajstić information content (AvgIpc) is 2.48. The van der Waals surface area contributed by atoms with Crippen LogP contribution in [0.15, 0.2) is 11.6 Å². The van der Waals surface area contributed by atoms with Crippen LogP contribution in [0.4, 0.5) is 0 Å². The first-order valence-corrected chi connectivity index (χ1v) is 8.39. The highest BCUT2D eigenvalue weighted by molar-refractivity contribution is 5.12. The molecule has 1 saturated heterocycles. The summed E-state index contributed by atoms with van der Waals surface area (Å²) in [5, 5.41) is 3.61. The van der Waals surface area contributed by atoms with E-state index in [0.29, 0.717) is 5.92 Å². The first kappa shape index (κ1) is 15.1. The van der Waals surface area contributed by atoms with Crippen molar-refractivity contribution in [1.82, 2.24) is 5.32 Å². The predicted molar refractivity (Wildman–Crippen MR) is 81.4 cm³/mol. The van der Waals surface area contributed by atoms with E-state index in [-0.39, 0.29) is 0 Å². The summed E-state index contributed by atoms with van der Waals surface area (Å²) >= 11 is 0. The van der Waals surface area contributed by atoms with Gasteiger partial charge in [0.1, 0.15) is 0 Å². The largest absolute Gasteiger partial charge is 0.381 e. The monoisotopic (exact) mass is 265 g/mol. The van der Waals surface area contributed by atoms with Gasteiger partial charge in [0.25, 0.3) is 0 Å². The zero-order valence-corrected chi connectivity index (χ0v) is 12.6. The highest BCUT2D eigenvalue weighted by Crippen LogP contribution is 2.31. The molecule has 1 aliphatic carbocycles. The smallest absolute Gasteiger partial charge is 0.0528 e. The third-order valence-corrected chi connectivity index (χ3v) is 4.53. The summed E-state index contributed by atoms with van der Waals surface area (Å²) < 4.78 is 5.63. The van der Waals surface area contributed by atoms with Crippen molar-refractivity contribution in [1.29, 1.82) is 0 Å². The third-order valence-electron chi connectivity index (χ3n) is 4.53. The van der Waals surface area contributed by atoms with Crippen molar-refractivity contribution in [3.8, 4) is 0 Å². The molecule has 19 heavy (non-hydrogen) atoms. The first-order valence-electron chi connectivity index (χ1n) is 8.39. The van der Waals surface area contributed by atoms with Gasteiger partial charge in [-0.2, -0.15) is 0 Å². The Kier molecular flexibility index (Phi) is 6.94. The summed E-state index contributed by atoms with van der Waals surface area (Å²) in [4.78, 5) is 0. The van der Waals surface area contributed by atoms with Crippen molar-refractivity contribution < 1.29 is 4.74 Å². The molecular formula is C17H31NO. The molecule has 1 unspecified atom stereocenters. The van der Waals surface area contributed by atoms with E-state index in [1.807, 2.05) is 0 Å². The van der Waals surface area contributed by atoms with Crippen LogP contribution in [0.5, 0.6) is 0 Å². The van der Waals surface area contributed by atoms with Crippen molar-refractivity contribution in [2.45, 2.75) is 58.3 Å². The highest BCUT2D eigenvalue weighted by atomic mass is 16.5. The molecule has 2 nitrogen and oxygen atoms in total. The van der Waals surface area contributed by atoms with E-state index in [4.69, 9.17) is 4.74 Å². The van der Waals surface area contributed by atoms with Gasteiger partial charge in [0.05, 0.1) is 6.61 Å². The molecule has 0 aromatic heterocycles. The zero-order chi connectivity index (χ0) is 13.3. The molecule has 2 fully saturated rings. The van der Waals surface area contributed by atoms with Crippen LogP contribution in [0.1, 0.15) is 58.3 Å². The van der Waals surface area contributed by atoms with Crippen molar-refractivity contribution in [3.05, 3.63) is 11.6 Å². The quantitative estimate of drug-likeness (QED) is 0.580. The minimum absolute atomic E-state index is 0.675. The molecule has 0 aromatic rings. The summed E-state index contributed by atoms with van der Waals surface area (Å²) in [6.45, 7) is 6.41. The van der Waals surface area contributed by atoms with Gasteiger partial charge in [-0.05, 0) is 44.6 Å². The van der Waals surface area contributed by atoms with E-state index >= 15 is 0 Å². The van der Waals surface area contributed by atoms with E-state index in [1.54, 1.807) is 5.57 Å². The normalized spacial score (nSPS) is 26.6. The molecule has 1 saturated carbocycles. The second-order valence-electron chi connectivity index (χ2n) is 6.23.